The molecular formula is C22H23ClN2O6S. The molecule has 0 aromatic heterocycles. The summed E-state index contributed by atoms with van der Waals surface area (Å²) in [6.07, 6.45) is 1.80. The number of hydrogen-bond donors (Lipinski definition) is 2. The van der Waals surface area contributed by atoms with Gasteiger partial charge in [-0.3, -0.25) is 9.59 Å². The third kappa shape index (κ3) is 6.02. The Morgan fingerprint density at radius 2 is 1.75 bits per heavy atom. The Kier molecular flexibility index (Phi) is 7.42. The molecule has 1 fully saturated rings. The van der Waals surface area contributed by atoms with Crippen molar-refractivity contribution < 1.29 is 27.5 Å². The van der Waals surface area contributed by atoms with Crippen LogP contribution in [0.1, 0.15) is 22.3 Å². The second-order valence-corrected chi connectivity index (χ2v) is 9.87. The average Bonchev–Trinajstić information content (AvgIpc) is 3.11. The van der Waals surface area contributed by atoms with E-state index in [2.05, 4.69) is 10.6 Å². The van der Waals surface area contributed by atoms with E-state index in [9.17, 15) is 18.0 Å². The molecule has 1 aliphatic heterocycles. The van der Waals surface area contributed by atoms with Crippen molar-refractivity contribution in [2.45, 2.75) is 12.5 Å². The Bertz CT molecular complexity index is 1150. The van der Waals surface area contributed by atoms with E-state index in [0.29, 0.717) is 34.1 Å². The second-order valence-electron chi connectivity index (χ2n) is 7.21. The van der Waals surface area contributed by atoms with Gasteiger partial charge >= 0.3 is 0 Å². The SMILES string of the molecule is COc1ccc(/C=C(/NC(=O)c2ccc(Cl)cc2)C(=O)N[C@H]2CCS(=O)(=O)C2)cc1OC. The Hall–Kier alpha value is -3.04. The van der Waals surface area contributed by atoms with E-state index in [1.54, 1.807) is 30.3 Å². The fourth-order valence-corrected chi connectivity index (χ4v) is 5.03. The van der Waals surface area contributed by atoms with Gasteiger partial charge in [0.2, 0.25) is 0 Å². The summed E-state index contributed by atoms with van der Waals surface area (Å²) < 4.78 is 34.0. The summed E-state index contributed by atoms with van der Waals surface area (Å²) in [5.74, 6) is -0.257. The van der Waals surface area contributed by atoms with E-state index < -0.39 is 27.7 Å². The van der Waals surface area contributed by atoms with Gasteiger partial charge in [-0.15, -0.1) is 0 Å². The van der Waals surface area contributed by atoms with Crippen molar-refractivity contribution in [3.63, 3.8) is 0 Å². The third-order valence-corrected chi connectivity index (χ3v) is 6.91. The van der Waals surface area contributed by atoms with Crippen molar-refractivity contribution in [1.82, 2.24) is 10.6 Å². The van der Waals surface area contributed by atoms with Crippen LogP contribution < -0.4 is 20.1 Å². The molecule has 2 amide bonds. The van der Waals surface area contributed by atoms with Gasteiger partial charge in [0, 0.05) is 16.6 Å². The summed E-state index contributed by atoms with van der Waals surface area (Å²) >= 11 is 5.87. The van der Waals surface area contributed by atoms with Crippen LogP contribution in [-0.2, 0) is 14.6 Å². The lowest BCUT2D eigenvalue weighted by atomic mass is 10.1. The highest BCUT2D eigenvalue weighted by Crippen LogP contribution is 2.28. The number of rotatable bonds is 7. The molecule has 1 saturated heterocycles. The molecule has 2 aromatic rings. The normalized spacial score (nSPS) is 17.5. The first-order chi connectivity index (χ1) is 15.2. The van der Waals surface area contributed by atoms with Crippen molar-refractivity contribution in [2.75, 3.05) is 25.7 Å². The predicted molar refractivity (Wildman–Crippen MR) is 122 cm³/mol. The van der Waals surface area contributed by atoms with E-state index in [-0.39, 0.29) is 17.2 Å². The Balaban J connectivity index is 1.89. The summed E-state index contributed by atoms with van der Waals surface area (Å²) in [6, 6.07) is 10.7. The highest BCUT2D eigenvalue weighted by Gasteiger charge is 2.30. The van der Waals surface area contributed by atoms with Crippen LogP contribution in [0.4, 0.5) is 0 Å². The zero-order valence-electron chi connectivity index (χ0n) is 17.6. The summed E-state index contributed by atoms with van der Waals surface area (Å²) in [4.78, 5) is 25.7. The lowest BCUT2D eigenvalue weighted by Crippen LogP contribution is -2.41. The number of halogens is 1. The maximum Gasteiger partial charge on any atom is 0.268 e. The number of sulfone groups is 1. The lowest BCUT2D eigenvalue weighted by molar-refractivity contribution is -0.118. The standard InChI is InChI=1S/C22H23ClN2O6S/c1-30-19-8-3-14(12-20(19)31-2)11-18(22(27)24-17-9-10-32(28,29)13-17)25-21(26)15-4-6-16(23)7-5-15/h3-8,11-12,17H,9-10,13H2,1-2H3,(H,24,27)(H,25,26)/b18-11+/t17-/m0/s1. The third-order valence-electron chi connectivity index (χ3n) is 4.89. The number of carbonyl (C=O) groups excluding carboxylic acids is 2. The first kappa shape index (κ1) is 23.6. The van der Waals surface area contributed by atoms with E-state index in [1.807, 2.05) is 0 Å². The number of hydrogen-bond acceptors (Lipinski definition) is 6. The summed E-state index contributed by atoms with van der Waals surface area (Å²) in [6.45, 7) is 0. The van der Waals surface area contributed by atoms with Gasteiger partial charge in [-0.25, -0.2) is 8.42 Å². The van der Waals surface area contributed by atoms with Gasteiger partial charge in [0.1, 0.15) is 5.70 Å². The summed E-state index contributed by atoms with van der Waals surface area (Å²) in [5, 5.41) is 5.78. The zero-order valence-corrected chi connectivity index (χ0v) is 19.1. The number of carbonyl (C=O) groups is 2. The zero-order chi connectivity index (χ0) is 23.3. The fourth-order valence-electron chi connectivity index (χ4n) is 3.24. The summed E-state index contributed by atoms with van der Waals surface area (Å²) in [5.41, 5.74) is 0.841. The van der Waals surface area contributed by atoms with Crippen LogP contribution in [0.15, 0.2) is 48.2 Å². The first-order valence-electron chi connectivity index (χ1n) is 9.72. The van der Waals surface area contributed by atoms with Crippen molar-refractivity contribution >= 4 is 39.3 Å². The van der Waals surface area contributed by atoms with Crippen molar-refractivity contribution in [1.29, 1.82) is 0 Å². The molecule has 2 N–H and O–H groups in total. The van der Waals surface area contributed by atoms with Gasteiger partial charge in [-0.05, 0) is 54.5 Å². The van der Waals surface area contributed by atoms with E-state index >= 15 is 0 Å². The first-order valence-corrected chi connectivity index (χ1v) is 11.9. The molecule has 0 spiro atoms. The van der Waals surface area contributed by atoms with E-state index in [1.165, 1.54) is 32.4 Å². The average molecular weight is 479 g/mol. The van der Waals surface area contributed by atoms with Gasteiger partial charge in [0.05, 0.1) is 25.7 Å². The van der Waals surface area contributed by atoms with Crippen LogP contribution in [-0.4, -0.2) is 52.0 Å². The van der Waals surface area contributed by atoms with E-state index in [0.717, 1.165) is 0 Å². The Labute approximate surface area is 191 Å². The molecular weight excluding hydrogens is 456 g/mol. The maximum atomic E-state index is 12.9. The lowest BCUT2D eigenvalue weighted by Gasteiger charge is -2.15. The molecule has 1 atom stereocenters. The topological polar surface area (TPSA) is 111 Å². The monoisotopic (exact) mass is 478 g/mol. The molecule has 2 aromatic carbocycles. The molecule has 0 radical (unpaired) electrons. The highest BCUT2D eigenvalue weighted by molar-refractivity contribution is 7.91. The van der Waals surface area contributed by atoms with Gasteiger partial charge < -0.3 is 20.1 Å². The highest BCUT2D eigenvalue weighted by atomic mass is 35.5. The van der Waals surface area contributed by atoms with Crippen LogP contribution in [0.3, 0.4) is 0 Å². The molecule has 170 valence electrons. The van der Waals surface area contributed by atoms with Crippen LogP contribution in [0.5, 0.6) is 11.5 Å². The Morgan fingerprint density at radius 3 is 2.34 bits per heavy atom. The number of amides is 2. The van der Waals surface area contributed by atoms with E-state index in [4.69, 9.17) is 21.1 Å². The molecule has 1 heterocycles. The van der Waals surface area contributed by atoms with Crippen LogP contribution in [0, 0.1) is 0 Å². The van der Waals surface area contributed by atoms with Crippen LogP contribution in [0.25, 0.3) is 6.08 Å². The molecule has 10 heteroatoms. The van der Waals surface area contributed by atoms with Crippen molar-refractivity contribution in [3.8, 4) is 11.5 Å². The molecule has 8 nitrogen and oxygen atoms in total. The molecule has 0 aliphatic carbocycles. The molecule has 0 saturated carbocycles. The smallest absolute Gasteiger partial charge is 0.268 e. The number of nitrogens with one attached hydrogen (secondary N) is 2. The minimum atomic E-state index is -3.18. The molecule has 0 unspecified atom stereocenters. The molecule has 32 heavy (non-hydrogen) atoms. The summed E-state index contributed by atoms with van der Waals surface area (Å²) in [7, 11) is -0.181. The molecule has 1 aliphatic rings. The van der Waals surface area contributed by atoms with Crippen molar-refractivity contribution in [3.05, 3.63) is 64.3 Å². The second kappa shape index (κ2) is 10.1. The van der Waals surface area contributed by atoms with Crippen LogP contribution in [0.2, 0.25) is 5.02 Å². The number of benzene rings is 2. The van der Waals surface area contributed by atoms with Gasteiger partial charge in [-0.1, -0.05) is 17.7 Å². The molecule has 3 rings (SSSR count). The van der Waals surface area contributed by atoms with Crippen LogP contribution >= 0.6 is 11.6 Å². The van der Waals surface area contributed by atoms with Gasteiger partial charge in [-0.2, -0.15) is 0 Å². The van der Waals surface area contributed by atoms with Crippen molar-refractivity contribution in [2.24, 2.45) is 0 Å². The Morgan fingerprint density at radius 1 is 1.06 bits per heavy atom. The minimum absolute atomic E-state index is 0.0177. The maximum absolute atomic E-state index is 12.9. The minimum Gasteiger partial charge on any atom is -0.493 e. The number of methoxy groups -OCH3 is 2. The molecule has 0 bridgehead atoms. The quantitative estimate of drug-likeness (QED) is 0.591. The fraction of sp³-hybridized carbons (Fsp3) is 0.273. The van der Waals surface area contributed by atoms with Gasteiger partial charge in [0.25, 0.3) is 11.8 Å². The largest absolute Gasteiger partial charge is 0.493 e. The van der Waals surface area contributed by atoms with Gasteiger partial charge in [0.15, 0.2) is 21.3 Å². The predicted octanol–water partition coefficient (Wildman–Crippen LogP) is 2.43. The number of ether oxygens (including phenoxy) is 2.